The van der Waals surface area contributed by atoms with E-state index in [2.05, 4.69) is 0 Å². The van der Waals surface area contributed by atoms with Crippen molar-refractivity contribution in [1.29, 1.82) is 0 Å². The van der Waals surface area contributed by atoms with Gasteiger partial charge in [0.1, 0.15) is 11.1 Å². The fourth-order valence-corrected chi connectivity index (χ4v) is 3.67. The molecule has 1 aliphatic heterocycles. The molecular weight excluding hydrogens is 286 g/mol. The van der Waals surface area contributed by atoms with Crippen LogP contribution >= 0.6 is 12.2 Å². The second-order valence-corrected chi connectivity index (χ2v) is 7.04. The lowest BCUT2D eigenvalue weighted by Gasteiger charge is -2.15. The standard InChI is InChI=1S/C12H15NO4S2/c1-16-11-6-8(12(13)18)2-3-10(11)17-9-4-5-19(14,15)7-9/h2-3,6,9H,4-5,7H2,1H3,(H2,13,18). The van der Waals surface area contributed by atoms with Gasteiger partial charge in [-0.05, 0) is 24.6 Å². The molecule has 1 aromatic carbocycles. The smallest absolute Gasteiger partial charge is 0.161 e. The monoisotopic (exact) mass is 301 g/mol. The Labute approximate surface area is 117 Å². The van der Waals surface area contributed by atoms with Crippen LogP contribution in [0.15, 0.2) is 18.2 Å². The fourth-order valence-electron chi connectivity index (χ4n) is 1.95. The van der Waals surface area contributed by atoms with Crippen molar-refractivity contribution >= 4 is 27.0 Å². The van der Waals surface area contributed by atoms with Gasteiger partial charge in [-0.25, -0.2) is 8.42 Å². The second-order valence-electron chi connectivity index (χ2n) is 4.37. The number of benzene rings is 1. The van der Waals surface area contributed by atoms with E-state index in [4.69, 9.17) is 27.4 Å². The normalized spacial score (nSPS) is 21.0. The van der Waals surface area contributed by atoms with Crippen LogP contribution in [-0.2, 0) is 9.84 Å². The summed E-state index contributed by atoms with van der Waals surface area (Å²) in [6.45, 7) is 0. The average Bonchev–Trinajstić information content (AvgIpc) is 2.69. The second kappa shape index (κ2) is 5.34. The van der Waals surface area contributed by atoms with E-state index in [-0.39, 0.29) is 22.6 Å². The molecule has 0 bridgehead atoms. The zero-order chi connectivity index (χ0) is 14.0. The summed E-state index contributed by atoms with van der Waals surface area (Å²) in [6.07, 6.45) is 0.178. The Bertz CT molecular complexity index is 598. The van der Waals surface area contributed by atoms with E-state index < -0.39 is 9.84 Å². The molecule has 2 N–H and O–H groups in total. The topological polar surface area (TPSA) is 78.6 Å². The van der Waals surface area contributed by atoms with Gasteiger partial charge in [-0.2, -0.15) is 0 Å². The summed E-state index contributed by atoms with van der Waals surface area (Å²) in [5.74, 6) is 1.22. The first-order chi connectivity index (χ1) is 8.91. The Morgan fingerprint density at radius 3 is 2.68 bits per heavy atom. The van der Waals surface area contributed by atoms with E-state index in [9.17, 15) is 8.42 Å². The van der Waals surface area contributed by atoms with Crippen LogP contribution in [0.3, 0.4) is 0 Å². The lowest BCUT2D eigenvalue weighted by atomic mass is 10.2. The number of hydrogen-bond acceptors (Lipinski definition) is 5. The van der Waals surface area contributed by atoms with Crippen molar-refractivity contribution in [3.8, 4) is 11.5 Å². The van der Waals surface area contributed by atoms with E-state index >= 15 is 0 Å². The minimum Gasteiger partial charge on any atom is -0.493 e. The van der Waals surface area contributed by atoms with Gasteiger partial charge in [-0.3, -0.25) is 0 Å². The molecule has 19 heavy (non-hydrogen) atoms. The molecule has 7 heteroatoms. The number of sulfone groups is 1. The quantitative estimate of drug-likeness (QED) is 0.832. The van der Waals surface area contributed by atoms with Crippen LogP contribution in [0.4, 0.5) is 0 Å². The van der Waals surface area contributed by atoms with Crippen LogP contribution < -0.4 is 15.2 Å². The zero-order valence-electron chi connectivity index (χ0n) is 10.5. The van der Waals surface area contributed by atoms with Crippen molar-refractivity contribution in [1.82, 2.24) is 0 Å². The van der Waals surface area contributed by atoms with Crippen molar-refractivity contribution in [2.45, 2.75) is 12.5 Å². The van der Waals surface area contributed by atoms with Gasteiger partial charge in [0.05, 0.1) is 18.6 Å². The van der Waals surface area contributed by atoms with Crippen LogP contribution in [0, 0.1) is 0 Å². The van der Waals surface area contributed by atoms with Gasteiger partial charge in [0.15, 0.2) is 21.3 Å². The Hall–Kier alpha value is -1.34. The van der Waals surface area contributed by atoms with Crippen LogP contribution in [0.1, 0.15) is 12.0 Å². The van der Waals surface area contributed by atoms with Crippen LogP contribution in [0.25, 0.3) is 0 Å². The molecule has 0 saturated carbocycles. The third-order valence-corrected chi connectivity index (χ3v) is 4.91. The highest BCUT2D eigenvalue weighted by Crippen LogP contribution is 2.30. The van der Waals surface area contributed by atoms with E-state index in [0.717, 1.165) is 0 Å². The van der Waals surface area contributed by atoms with Crippen molar-refractivity contribution in [3.63, 3.8) is 0 Å². The van der Waals surface area contributed by atoms with Crippen LogP contribution in [0.2, 0.25) is 0 Å². The highest BCUT2D eigenvalue weighted by atomic mass is 32.2. The van der Waals surface area contributed by atoms with Crippen LogP contribution in [0.5, 0.6) is 11.5 Å². The Morgan fingerprint density at radius 2 is 2.16 bits per heavy atom. The summed E-state index contributed by atoms with van der Waals surface area (Å²) in [6, 6.07) is 5.10. The predicted molar refractivity (Wildman–Crippen MR) is 76.6 cm³/mol. The summed E-state index contributed by atoms with van der Waals surface area (Å²) in [7, 11) is -1.45. The third-order valence-electron chi connectivity index (χ3n) is 2.93. The number of nitrogens with two attached hydrogens (primary N) is 1. The largest absolute Gasteiger partial charge is 0.493 e. The van der Waals surface area contributed by atoms with Gasteiger partial charge in [0.2, 0.25) is 0 Å². The zero-order valence-corrected chi connectivity index (χ0v) is 12.1. The van der Waals surface area contributed by atoms with Gasteiger partial charge in [0.25, 0.3) is 0 Å². The molecule has 1 aliphatic rings. The van der Waals surface area contributed by atoms with Crippen molar-refractivity contribution in [3.05, 3.63) is 23.8 Å². The molecule has 1 heterocycles. The van der Waals surface area contributed by atoms with E-state index in [1.54, 1.807) is 18.2 Å². The summed E-state index contributed by atoms with van der Waals surface area (Å²) >= 11 is 4.89. The predicted octanol–water partition coefficient (Wildman–Crippen LogP) is 0.895. The van der Waals surface area contributed by atoms with Gasteiger partial charge in [-0.15, -0.1) is 0 Å². The number of thiocarbonyl (C=S) groups is 1. The summed E-state index contributed by atoms with van der Waals surface area (Å²) in [5.41, 5.74) is 6.22. The molecular formula is C12H15NO4S2. The summed E-state index contributed by atoms with van der Waals surface area (Å²) < 4.78 is 33.7. The molecule has 1 fully saturated rings. The number of rotatable bonds is 4. The maximum absolute atomic E-state index is 11.4. The van der Waals surface area contributed by atoms with E-state index in [0.29, 0.717) is 23.5 Å². The molecule has 1 atom stereocenters. The molecule has 2 rings (SSSR count). The molecule has 0 aliphatic carbocycles. The first-order valence-electron chi connectivity index (χ1n) is 5.76. The molecule has 1 aromatic rings. The van der Waals surface area contributed by atoms with Crippen molar-refractivity contribution in [2.75, 3.05) is 18.6 Å². The Balaban J connectivity index is 2.19. The third kappa shape index (κ3) is 3.36. The van der Waals surface area contributed by atoms with Crippen molar-refractivity contribution in [2.24, 2.45) is 5.73 Å². The summed E-state index contributed by atoms with van der Waals surface area (Å²) in [4.78, 5) is 0.272. The van der Waals surface area contributed by atoms with Gasteiger partial charge in [-0.1, -0.05) is 12.2 Å². The number of hydrogen-bond donors (Lipinski definition) is 1. The molecule has 0 spiro atoms. The molecule has 104 valence electrons. The summed E-state index contributed by atoms with van der Waals surface area (Å²) in [5, 5.41) is 0. The Kier molecular flexibility index (Phi) is 3.96. The van der Waals surface area contributed by atoms with Gasteiger partial charge < -0.3 is 15.2 Å². The highest BCUT2D eigenvalue weighted by Gasteiger charge is 2.30. The molecule has 0 aromatic heterocycles. The lowest BCUT2D eigenvalue weighted by Crippen LogP contribution is -2.18. The van der Waals surface area contributed by atoms with Crippen LogP contribution in [-0.4, -0.2) is 38.1 Å². The number of methoxy groups -OCH3 is 1. The Morgan fingerprint density at radius 1 is 1.42 bits per heavy atom. The van der Waals surface area contributed by atoms with Gasteiger partial charge >= 0.3 is 0 Å². The van der Waals surface area contributed by atoms with Gasteiger partial charge in [0, 0.05) is 5.56 Å². The molecule has 1 saturated heterocycles. The molecule has 5 nitrogen and oxygen atoms in total. The minimum absolute atomic E-state index is 0.0488. The first kappa shape index (κ1) is 14.1. The average molecular weight is 301 g/mol. The number of ether oxygens (including phenoxy) is 2. The molecule has 1 unspecified atom stereocenters. The minimum atomic E-state index is -2.96. The highest BCUT2D eigenvalue weighted by molar-refractivity contribution is 7.91. The molecule has 0 radical (unpaired) electrons. The molecule has 0 amide bonds. The van der Waals surface area contributed by atoms with E-state index in [1.807, 2.05) is 0 Å². The maximum Gasteiger partial charge on any atom is 0.161 e. The fraction of sp³-hybridized carbons (Fsp3) is 0.417. The first-order valence-corrected chi connectivity index (χ1v) is 7.99. The SMILES string of the molecule is COc1cc(C(N)=S)ccc1OC1CCS(=O)(=O)C1. The van der Waals surface area contributed by atoms with Crippen molar-refractivity contribution < 1.29 is 17.9 Å². The lowest BCUT2D eigenvalue weighted by molar-refractivity contribution is 0.218. The maximum atomic E-state index is 11.4. The van der Waals surface area contributed by atoms with E-state index in [1.165, 1.54) is 7.11 Å².